The van der Waals surface area contributed by atoms with Crippen LogP contribution in [0.3, 0.4) is 0 Å². The van der Waals surface area contributed by atoms with Gasteiger partial charge in [0.2, 0.25) is 5.91 Å². The predicted octanol–water partition coefficient (Wildman–Crippen LogP) is 2.65. The van der Waals surface area contributed by atoms with Crippen LogP contribution in [0, 0.1) is 25.2 Å². The summed E-state index contributed by atoms with van der Waals surface area (Å²) < 4.78 is 1.87. The van der Waals surface area contributed by atoms with Gasteiger partial charge in [0.05, 0.1) is 11.3 Å². The van der Waals surface area contributed by atoms with Gasteiger partial charge in [-0.3, -0.25) is 9.36 Å². The molecular weight excluding hydrogens is 374 g/mol. The Hall–Kier alpha value is -3.51. The SMILES string of the molecule is Cc1c(C#N)c(NC(=O)CSc2nc(N)cc(N)n2)n(-c2ccccc2)c1C. The first-order valence-corrected chi connectivity index (χ1v) is 9.39. The van der Waals surface area contributed by atoms with E-state index in [0.717, 1.165) is 28.7 Å². The maximum atomic E-state index is 12.6. The quantitative estimate of drug-likeness (QED) is 0.448. The third-order valence-corrected chi connectivity index (χ3v) is 5.02. The van der Waals surface area contributed by atoms with Crippen LogP contribution in [0.1, 0.15) is 16.8 Å². The lowest BCUT2D eigenvalue weighted by atomic mass is 10.2. The predicted molar refractivity (Wildman–Crippen MR) is 110 cm³/mol. The zero-order valence-electron chi connectivity index (χ0n) is 15.4. The molecule has 0 aliphatic carbocycles. The molecule has 0 aliphatic heterocycles. The van der Waals surface area contributed by atoms with E-state index < -0.39 is 0 Å². The molecule has 0 aliphatic rings. The molecule has 0 saturated carbocycles. The third kappa shape index (κ3) is 3.92. The normalized spacial score (nSPS) is 10.5. The minimum absolute atomic E-state index is 0.0474. The Kier molecular flexibility index (Phi) is 5.52. The number of carbonyl (C=O) groups excluding carboxylic acids is 1. The number of para-hydroxylation sites is 1. The van der Waals surface area contributed by atoms with E-state index in [9.17, 15) is 10.1 Å². The fraction of sp³-hybridized carbons (Fsp3) is 0.158. The summed E-state index contributed by atoms with van der Waals surface area (Å²) in [6.07, 6.45) is 0. The molecule has 8 nitrogen and oxygen atoms in total. The first kappa shape index (κ1) is 19.3. The molecule has 0 saturated heterocycles. The maximum absolute atomic E-state index is 12.6. The standard InChI is InChI=1S/C19H19N7OS/c1-11-12(2)26(13-6-4-3-5-7-13)18(14(11)9-20)25-17(27)10-28-19-23-15(21)8-16(22)24-19/h3-8H,10H2,1-2H3,(H,25,27)(H4,21,22,23,24). The second kappa shape index (κ2) is 8.02. The Labute approximate surface area is 166 Å². The highest BCUT2D eigenvalue weighted by molar-refractivity contribution is 7.99. The van der Waals surface area contributed by atoms with E-state index in [2.05, 4.69) is 21.4 Å². The number of nitriles is 1. The number of nitrogens with zero attached hydrogens (tertiary/aromatic N) is 4. The van der Waals surface area contributed by atoms with Crippen LogP contribution in [0.2, 0.25) is 0 Å². The Morgan fingerprint density at radius 1 is 1.21 bits per heavy atom. The smallest absolute Gasteiger partial charge is 0.236 e. The van der Waals surface area contributed by atoms with E-state index in [1.807, 2.05) is 48.7 Å². The van der Waals surface area contributed by atoms with Crippen LogP contribution >= 0.6 is 11.8 Å². The highest BCUT2D eigenvalue weighted by atomic mass is 32.2. The monoisotopic (exact) mass is 393 g/mol. The summed E-state index contributed by atoms with van der Waals surface area (Å²) in [5.74, 6) is 0.687. The number of amides is 1. The number of benzene rings is 1. The molecule has 1 aromatic carbocycles. The number of nitrogen functional groups attached to an aromatic ring is 2. The molecule has 2 aromatic heterocycles. The highest BCUT2D eigenvalue weighted by Gasteiger charge is 2.20. The Bertz CT molecular complexity index is 1050. The lowest BCUT2D eigenvalue weighted by molar-refractivity contribution is -0.113. The summed E-state index contributed by atoms with van der Waals surface area (Å²) >= 11 is 1.12. The lowest BCUT2D eigenvalue weighted by Gasteiger charge is -2.13. The first-order chi connectivity index (χ1) is 13.4. The number of carbonyl (C=O) groups is 1. The van der Waals surface area contributed by atoms with E-state index >= 15 is 0 Å². The van der Waals surface area contributed by atoms with Crippen molar-refractivity contribution in [1.29, 1.82) is 5.26 Å². The zero-order valence-corrected chi connectivity index (χ0v) is 16.2. The van der Waals surface area contributed by atoms with Gasteiger partial charge >= 0.3 is 0 Å². The average molecular weight is 393 g/mol. The lowest BCUT2D eigenvalue weighted by Crippen LogP contribution is -2.18. The van der Waals surface area contributed by atoms with Gasteiger partial charge in [-0.2, -0.15) is 5.26 Å². The van der Waals surface area contributed by atoms with Crippen LogP contribution in [0.15, 0.2) is 41.6 Å². The van der Waals surface area contributed by atoms with Crippen molar-refractivity contribution < 1.29 is 4.79 Å². The van der Waals surface area contributed by atoms with Gasteiger partial charge in [0.15, 0.2) is 5.16 Å². The fourth-order valence-electron chi connectivity index (χ4n) is 2.79. The molecule has 9 heteroatoms. The molecule has 5 N–H and O–H groups in total. The summed E-state index contributed by atoms with van der Waals surface area (Å²) in [5, 5.41) is 12.8. The average Bonchev–Trinajstić information content (AvgIpc) is 2.89. The van der Waals surface area contributed by atoms with Gasteiger partial charge in [-0.1, -0.05) is 30.0 Å². The number of thioether (sulfide) groups is 1. The molecule has 3 rings (SSSR count). The number of anilines is 3. The number of rotatable bonds is 5. The topological polar surface area (TPSA) is 136 Å². The molecule has 0 fully saturated rings. The molecule has 3 aromatic rings. The summed E-state index contributed by atoms with van der Waals surface area (Å²) in [7, 11) is 0. The van der Waals surface area contributed by atoms with E-state index in [1.165, 1.54) is 6.07 Å². The molecule has 0 radical (unpaired) electrons. The molecule has 0 unspecified atom stereocenters. The van der Waals surface area contributed by atoms with E-state index in [1.54, 1.807) is 0 Å². The molecule has 28 heavy (non-hydrogen) atoms. The van der Waals surface area contributed by atoms with Gasteiger partial charge in [-0.25, -0.2) is 9.97 Å². The summed E-state index contributed by atoms with van der Waals surface area (Å²) in [5.41, 5.74) is 14.3. The number of aromatic nitrogens is 3. The molecular formula is C19H19N7OS. The van der Waals surface area contributed by atoms with Crippen molar-refractivity contribution in [2.45, 2.75) is 19.0 Å². The second-order valence-electron chi connectivity index (χ2n) is 6.05. The van der Waals surface area contributed by atoms with Gasteiger partial charge in [0.25, 0.3) is 0 Å². The van der Waals surface area contributed by atoms with Crippen molar-refractivity contribution in [3.05, 3.63) is 53.2 Å². The van der Waals surface area contributed by atoms with Gasteiger partial charge in [-0.05, 0) is 31.5 Å². The Morgan fingerprint density at radius 2 is 1.86 bits per heavy atom. The van der Waals surface area contributed by atoms with Crippen LogP contribution in [0.25, 0.3) is 5.69 Å². The van der Waals surface area contributed by atoms with E-state index in [0.29, 0.717) is 16.5 Å². The highest BCUT2D eigenvalue weighted by Crippen LogP contribution is 2.30. The van der Waals surface area contributed by atoms with Crippen molar-refractivity contribution in [2.75, 3.05) is 22.5 Å². The van der Waals surface area contributed by atoms with E-state index in [-0.39, 0.29) is 23.3 Å². The van der Waals surface area contributed by atoms with Crippen molar-refractivity contribution in [1.82, 2.24) is 14.5 Å². The van der Waals surface area contributed by atoms with Crippen molar-refractivity contribution >= 4 is 35.1 Å². The minimum Gasteiger partial charge on any atom is -0.383 e. The molecule has 0 bridgehead atoms. The molecule has 142 valence electrons. The van der Waals surface area contributed by atoms with Crippen LogP contribution in [-0.2, 0) is 4.79 Å². The van der Waals surface area contributed by atoms with Crippen LogP contribution < -0.4 is 16.8 Å². The van der Waals surface area contributed by atoms with Crippen LogP contribution in [-0.4, -0.2) is 26.2 Å². The first-order valence-electron chi connectivity index (χ1n) is 8.40. The van der Waals surface area contributed by atoms with Gasteiger partial charge < -0.3 is 16.8 Å². The molecule has 0 spiro atoms. The van der Waals surface area contributed by atoms with Crippen molar-refractivity contribution in [3.63, 3.8) is 0 Å². The largest absolute Gasteiger partial charge is 0.383 e. The van der Waals surface area contributed by atoms with Crippen molar-refractivity contribution in [3.8, 4) is 11.8 Å². The second-order valence-corrected chi connectivity index (χ2v) is 7.00. The number of nitrogens with one attached hydrogen (secondary N) is 1. The van der Waals surface area contributed by atoms with Crippen molar-refractivity contribution in [2.24, 2.45) is 0 Å². The Morgan fingerprint density at radius 3 is 2.46 bits per heavy atom. The van der Waals surface area contributed by atoms with E-state index in [4.69, 9.17) is 11.5 Å². The molecule has 0 atom stereocenters. The number of nitrogens with two attached hydrogens (primary N) is 2. The summed E-state index contributed by atoms with van der Waals surface area (Å²) in [6, 6.07) is 13.2. The number of hydrogen-bond acceptors (Lipinski definition) is 7. The molecule has 2 heterocycles. The van der Waals surface area contributed by atoms with Crippen LogP contribution in [0.4, 0.5) is 17.5 Å². The maximum Gasteiger partial charge on any atom is 0.236 e. The van der Waals surface area contributed by atoms with Crippen LogP contribution in [0.5, 0.6) is 0 Å². The summed E-state index contributed by atoms with van der Waals surface area (Å²) in [4.78, 5) is 20.6. The number of hydrogen-bond donors (Lipinski definition) is 3. The minimum atomic E-state index is -0.291. The van der Waals surface area contributed by atoms with Gasteiger partial charge in [0, 0.05) is 17.4 Å². The van der Waals surface area contributed by atoms with Gasteiger partial charge in [0.1, 0.15) is 23.5 Å². The Balaban J connectivity index is 1.86. The third-order valence-electron chi connectivity index (χ3n) is 4.18. The summed E-state index contributed by atoms with van der Waals surface area (Å²) in [6.45, 7) is 3.78. The zero-order chi connectivity index (χ0) is 20.3. The fourth-order valence-corrected chi connectivity index (χ4v) is 3.46. The molecule has 1 amide bonds. The van der Waals surface area contributed by atoms with Gasteiger partial charge in [-0.15, -0.1) is 0 Å².